The van der Waals surface area contributed by atoms with Gasteiger partial charge in [0.1, 0.15) is 0 Å². The summed E-state index contributed by atoms with van der Waals surface area (Å²) in [6.45, 7) is 14.6. The van der Waals surface area contributed by atoms with Gasteiger partial charge in [0.15, 0.2) is 5.96 Å². The van der Waals surface area contributed by atoms with E-state index in [0.717, 1.165) is 31.2 Å². The van der Waals surface area contributed by atoms with Crippen molar-refractivity contribution in [3.05, 3.63) is 30.6 Å². The quantitative estimate of drug-likeness (QED) is 0.439. The molecule has 118 valence electrons. The lowest BCUT2D eigenvalue weighted by molar-refractivity contribution is 0.526. The molecular formula is C16H29N5. The average molecular weight is 291 g/mol. The Kier molecular flexibility index (Phi) is 7.58. The van der Waals surface area contributed by atoms with E-state index in [2.05, 4.69) is 61.1 Å². The van der Waals surface area contributed by atoms with Crippen molar-refractivity contribution in [2.75, 3.05) is 19.6 Å². The van der Waals surface area contributed by atoms with Crippen LogP contribution in [0.15, 0.2) is 29.9 Å². The molecule has 5 heteroatoms. The molecule has 0 aliphatic carbocycles. The number of rotatable bonds is 8. The summed E-state index contributed by atoms with van der Waals surface area (Å²) >= 11 is 0. The third-order valence-electron chi connectivity index (χ3n) is 2.89. The smallest absolute Gasteiger partial charge is 0.191 e. The van der Waals surface area contributed by atoms with E-state index in [0.29, 0.717) is 18.5 Å². The fourth-order valence-electron chi connectivity index (χ4n) is 1.72. The van der Waals surface area contributed by atoms with Crippen LogP contribution in [0.1, 0.15) is 39.4 Å². The molecule has 0 aromatic carbocycles. The van der Waals surface area contributed by atoms with Crippen LogP contribution in [0.4, 0.5) is 0 Å². The number of hydrogen-bond donors (Lipinski definition) is 2. The average Bonchev–Trinajstić information content (AvgIpc) is 2.90. The van der Waals surface area contributed by atoms with Gasteiger partial charge in [-0.2, -0.15) is 5.10 Å². The van der Waals surface area contributed by atoms with Crippen LogP contribution in [0.25, 0.3) is 0 Å². The first-order valence-electron chi connectivity index (χ1n) is 7.70. The van der Waals surface area contributed by atoms with Gasteiger partial charge in [-0.05, 0) is 25.8 Å². The number of nitrogens with zero attached hydrogens (tertiary/aromatic N) is 3. The maximum Gasteiger partial charge on any atom is 0.191 e. The van der Waals surface area contributed by atoms with Crippen molar-refractivity contribution < 1.29 is 0 Å². The summed E-state index contributed by atoms with van der Waals surface area (Å²) < 4.78 is 1.99. The van der Waals surface area contributed by atoms with Crippen LogP contribution in [0, 0.1) is 5.92 Å². The van der Waals surface area contributed by atoms with Crippen LogP contribution < -0.4 is 10.6 Å². The molecule has 1 heterocycles. The molecule has 1 aromatic heterocycles. The molecule has 0 saturated heterocycles. The Bertz CT molecular complexity index is 445. The van der Waals surface area contributed by atoms with Crippen molar-refractivity contribution >= 4 is 5.96 Å². The molecule has 0 saturated carbocycles. The summed E-state index contributed by atoms with van der Waals surface area (Å²) in [7, 11) is 0. The molecule has 0 aliphatic heterocycles. The number of guanidine groups is 1. The third-order valence-corrected chi connectivity index (χ3v) is 2.89. The summed E-state index contributed by atoms with van der Waals surface area (Å²) in [6, 6.07) is 2.48. The molecule has 0 aliphatic rings. The lowest BCUT2D eigenvalue weighted by atomic mass is 10.2. The molecule has 21 heavy (non-hydrogen) atoms. The molecule has 2 N–H and O–H groups in total. The first kappa shape index (κ1) is 17.3. The molecule has 0 radical (unpaired) electrons. The van der Waals surface area contributed by atoms with Gasteiger partial charge in [-0.1, -0.05) is 19.9 Å². The predicted molar refractivity (Wildman–Crippen MR) is 89.7 cm³/mol. The van der Waals surface area contributed by atoms with E-state index in [9.17, 15) is 0 Å². The molecule has 0 amide bonds. The van der Waals surface area contributed by atoms with E-state index in [1.165, 1.54) is 0 Å². The Morgan fingerprint density at radius 3 is 2.71 bits per heavy atom. The van der Waals surface area contributed by atoms with Crippen LogP contribution in [-0.2, 0) is 6.42 Å². The Morgan fingerprint density at radius 2 is 2.14 bits per heavy atom. The van der Waals surface area contributed by atoms with Crippen LogP contribution >= 0.6 is 0 Å². The lowest BCUT2D eigenvalue weighted by Crippen LogP contribution is -2.38. The van der Waals surface area contributed by atoms with Crippen molar-refractivity contribution in [3.63, 3.8) is 0 Å². The van der Waals surface area contributed by atoms with Crippen LogP contribution in [-0.4, -0.2) is 35.4 Å². The number of hydrogen-bond acceptors (Lipinski definition) is 2. The monoisotopic (exact) mass is 291 g/mol. The SMILES string of the molecule is C=CCNC(=NCC(C)C)NCCc1ccn(C(C)C)n1. The second kappa shape index (κ2) is 9.21. The zero-order valence-electron chi connectivity index (χ0n) is 13.8. The number of aromatic nitrogens is 2. The second-order valence-electron chi connectivity index (χ2n) is 5.81. The van der Waals surface area contributed by atoms with Gasteiger partial charge in [-0.3, -0.25) is 9.67 Å². The molecule has 5 nitrogen and oxygen atoms in total. The van der Waals surface area contributed by atoms with E-state index >= 15 is 0 Å². The highest BCUT2D eigenvalue weighted by Gasteiger charge is 2.03. The molecule has 0 atom stereocenters. The van der Waals surface area contributed by atoms with Gasteiger partial charge < -0.3 is 10.6 Å². The van der Waals surface area contributed by atoms with Crippen LogP contribution in [0.3, 0.4) is 0 Å². The highest BCUT2D eigenvalue weighted by Crippen LogP contribution is 2.04. The van der Waals surface area contributed by atoms with Crippen molar-refractivity contribution in [2.45, 2.75) is 40.2 Å². The minimum Gasteiger partial charge on any atom is -0.356 e. The molecule has 1 rings (SSSR count). The van der Waals surface area contributed by atoms with Gasteiger partial charge in [-0.25, -0.2) is 0 Å². The zero-order chi connectivity index (χ0) is 15.7. The highest BCUT2D eigenvalue weighted by atomic mass is 15.3. The van der Waals surface area contributed by atoms with E-state index in [-0.39, 0.29) is 0 Å². The topological polar surface area (TPSA) is 54.2 Å². The summed E-state index contributed by atoms with van der Waals surface area (Å²) in [5, 5.41) is 11.1. The maximum absolute atomic E-state index is 4.55. The first-order valence-corrected chi connectivity index (χ1v) is 7.70. The van der Waals surface area contributed by atoms with Crippen LogP contribution in [0.2, 0.25) is 0 Å². The summed E-state index contributed by atoms with van der Waals surface area (Å²) in [4.78, 5) is 4.55. The molecule has 0 unspecified atom stereocenters. The van der Waals surface area contributed by atoms with Gasteiger partial charge in [0.2, 0.25) is 0 Å². The van der Waals surface area contributed by atoms with Gasteiger partial charge in [0.25, 0.3) is 0 Å². The van der Waals surface area contributed by atoms with Gasteiger partial charge in [0.05, 0.1) is 5.69 Å². The predicted octanol–water partition coefficient (Wildman–Crippen LogP) is 2.38. The summed E-state index contributed by atoms with van der Waals surface area (Å²) in [5.74, 6) is 1.39. The molecule has 0 bridgehead atoms. The number of aliphatic imine (C=N–C) groups is 1. The molecule has 0 fully saturated rings. The zero-order valence-corrected chi connectivity index (χ0v) is 13.8. The van der Waals surface area contributed by atoms with E-state index in [1.54, 1.807) is 0 Å². The van der Waals surface area contributed by atoms with Crippen molar-refractivity contribution in [3.8, 4) is 0 Å². The fraction of sp³-hybridized carbons (Fsp3) is 0.625. The molecule has 0 spiro atoms. The number of nitrogens with one attached hydrogen (secondary N) is 2. The van der Waals surface area contributed by atoms with Crippen LogP contribution in [0.5, 0.6) is 0 Å². The minimum atomic E-state index is 0.407. The Hall–Kier alpha value is -1.78. The fourth-order valence-corrected chi connectivity index (χ4v) is 1.72. The highest BCUT2D eigenvalue weighted by molar-refractivity contribution is 5.79. The van der Waals surface area contributed by atoms with E-state index in [4.69, 9.17) is 0 Å². The second-order valence-corrected chi connectivity index (χ2v) is 5.81. The minimum absolute atomic E-state index is 0.407. The maximum atomic E-state index is 4.55. The van der Waals surface area contributed by atoms with E-state index in [1.807, 2.05) is 17.0 Å². The third kappa shape index (κ3) is 6.97. The summed E-state index contributed by atoms with van der Waals surface area (Å²) in [5.41, 5.74) is 1.10. The Morgan fingerprint density at radius 1 is 1.38 bits per heavy atom. The van der Waals surface area contributed by atoms with Crippen molar-refractivity contribution in [1.82, 2.24) is 20.4 Å². The van der Waals surface area contributed by atoms with Gasteiger partial charge in [0, 0.05) is 38.3 Å². The molecule has 1 aromatic rings. The molecular weight excluding hydrogens is 262 g/mol. The Labute approximate surface area is 128 Å². The van der Waals surface area contributed by atoms with Crippen molar-refractivity contribution in [1.29, 1.82) is 0 Å². The standard InChI is InChI=1S/C16H29N5/c1-6-9-17-16(19-12-13(2)3)18-10-7-15-8-11-21(20-15)14(4)5/h6,8,11,13-14H,1,7,9-10,12H2,2-5H3,(H2,17,18,19). The largest absolute Gasteiger partial charge is 0.356 e. The van der Waals surface area contributed by atoms with E-state index < -0.39 is 0 Å². The lowest BCUT2D eigenvalue weighted by Gasteiger charge is -2.11. The normalized spacial score (nSPS) is 12.0. The first-order chi connectivity index (χ1) is 10.0. The Balaban J connectivity index is 2.44. The van der Waals surface area contributed by atoms with Gasteiger partial charge >= 0.3 is 0 Å². The van der Waals surface area contributed by atoms with Gasteiger partial charge in [-0.15, -0.1) is 6.58 Å². The van der Waals surface area contributed by atoms with Crippen molar-refractivity contribution in [2.24, 2.45) is 10.9 Å². The summed E-state index contributed by atoms with van der Waals surface area (Å²) in [6.07, 6.45) is 4.75.